The molecule has 0 atom stereocenters. The quantitative estimate of drug-likeness (QED) is 0.790. The minimum atomic E-state index is -0.481. The molecule has 0 fully saturated rings. The zero-order valence-electron chi connectivity index (χ0n) is 13.3. The van der Waals surface area contributed by atoms with Crippen molar-refractivity contribution < 1.29 is 19.1 Å². The van der Waals surface area contributed by atoms with E-state index in [2.05, 4.69) is 5.32 Å². The highest BCUT2D eigenvalue weighted by molar-refractivity contribution is 8.14. The van der Waals surface area contributed by atoms with E-state index in [4.69, 9.17) is 4.74 Å². The van der Waals surface area contributed by atoms with Crippen molar-refractivity contribution in [1.29, 1.82) is 0 Å². The number of benzene rings is 1. The summed E-state index contributed by atoms with van der Waals surface area (Å²) in [6, 6.07) is 11.3. The van der Waals surface area contributed by atoms with Crippen molar-refractivity contribution in [2.75, 3.05) is 17.7 Å². The van der Waals surface area contributed by atoms with Gasteiger partial charge in [-0.15, -0.1) is 11.3 Å². The smallest absolute Gasteiger partial charge is 0.341 e. The Morgan fingerprint density at radius 1 is 1.21 bits per heavy atom. The average molecular weight is 363 g/mol. The van der Waals surface area contributed by atoms with Gasteiger partial charge in [0.05, 0.1) is 17.9 Å². The molecule has 1 N–H and O–H groups in total. The summed E-state index contributed by atoms with van der Waals surface area (Å²) in [4.78, 5) is 35.9. The van der Waals surface area contributed by atoms with Crippen LogP contribution in [0.2, 0.25) is 0 Å². The Kier molecular flexibility index (Phi) is 6.57. The number of nitrogens with one attached hydrogen (secondary N) is 1. The Bertz CT molecular complexity index is 740. The van der Waals surface area contributed by atoms with Gasteiger partial charge in [0.15, 0.2) is 5.12 Å². The van der Waals surface area contributed by atoms with Crippen LogP contribution < -0.4 is 5.32 Å². The molecule has 2 rings (SSSR count). The third-order valence-corrected chi connectivity index (χ3v) is 4.86. The van der Waals surface area contributed by atoms with Crippen molar-refractivity contribution in [2.24, 2.45) is 0 Å². The second-order valence-electron chi connectivity index (χ2n) is 4.77. The van der Waals surface area contributed by atoms with E-state index in [9.17, 15) is 14.4 Å². The lowest BCUT2D eigenvalue weighted by atomic mass is 10.1. The van der Waals surface area contributed by atoms with Gasteiger partial charge in [-0.25, -0.2) is 4.79 Å². The number of rotatable bonds is 6. The SMILES string of the molecule is CCOC(=O)c1cc(-c2ccccc2)sc1NC(=O)CSC(C)=O. The van der Waals surface area contributed by atoms with E-state index in [0.29, 0.717) is 10.6 Å². The van der Waals surface area contributed by atoms with Crippen molar-refractivity contribution in [3.63, 3.8) is 0 Å². The fourth-order valence-corrected chi connectivity index (χ4v) is 3.39. The minimum absolute atomic E-state index is 0.0101. The van der Waals surface area contributed by atoms with E-state index in [1.165, 1.54) is 18.3 Å². The molecule has 1 aromatic carbocycles. The van der Waals surface area contributed by atoms with Crippen LogP contribution in [0.5, 0.6) is 0 Å². The van der Waals surface area contributed by atoms with Crippen LogP contribution in [0.25, 0.3) is 10.4 Å². The Balaban J connectivity index is 2.27. The van der Waals surface area contributed by atoms with Crippen molar-refractivity contribution in [1.82, 2.24) is 0 Å². The van der Waals surface area contributed by atoms with E-state index >= 15 is 0 Å². The molecule has 126 valence electrons. The Labute approximate surface area is 148 Å². The normalized spacial score (nSPS) is 10.2. The van der Waals surface area contributed by atoms with Gasteiger partial charge >= 0.3 is 5.97 Å². The van der Waals surface area contributed by atoms with Gasteiger partial charge in [0.1, 0.15) is 5.00 Å². The predicted octanol–water partition coefficient (Wildman–Crippen LogP) is 3.81. The Morgan fingerprint density at radius 2 is 1.92 bits per heavy atom. The number of thiophene rings is 1. The third-order valence-electron chi connectivity index (χ3n) is 2.95. The highest BCUT2D eigenvalue weighted by Crippen LogP contribution is 2.36. The number of carbonyl (C=O) groups excluding carboxylic acids is 3. The molecule has 7 heteroatoms. The molecule has 1 amide bonds. The van der Waals surface area contributed by atoms with Crippen molar-refractivity contribution in [2.45, 2.75) is 13.8 Å². The summed E-state index contributed by atoms with van der Waals surface area (Å²) in [6.07, 6.45) is 0. The molecule has 5 nitrogen and oxygen atoms in total. The Hall–Kier alpha value is -2.12. The van der Waals surface area contributed by atoms with Crippen molar-refractivity contribution in [3.05, 3.63) is 42.0 Å². The molecule has 0 aliphatic heterocycles. The van der Waals surface area contributed by atoms with Crippen LogP contribution in [0.4, 0.5) is 5.00 Å². The van der Waals surface area contributed by atoms with Crippen LogP contribution in [0, 0.1) is 0 Å². The maximum Gasteiger partial charge on any atom is 0.341 e. The zero-order valence-corrected chi connectivity index (χ0v) is 15.0. The summed E-state index contributed by atoms with van der Waals surface area (Å²) < 4.78 is 5.05. The van der Waals surface area contributed by atoms with Crippen molar-refractivity contribution in [3.8, 4) is 10.4 Å². The number of carbonyl (C=O) groups is 3. The zero-order chi connectivity index (χ0) is 17.5. The van der Waals surface area contributed by atoms with Crippen LogP contribution in [-0.2, 0) is 14.3 Å². The molecule has 0 saturated carbocycles. The largest absolute Gasteiger partial charge is 0.462 e. The summed E-state index contributed by atoms with van der Waals surface area (Å²) in [6.45, 7) is 3.38. The first-order chi connectivity index (χ1) is 11.5. The molecule has 0 radical (unpaired) electrons. The topological polar surface area (TPSA) is 72.5 Å². The second-order valence-corrected chi connectivity index (χ2v) is 6.97. The molecule has 0 unspecified atom stereocenters. The molecular formula is C17H17NO4S2. The molecule has 0 aliphatic carbocycles. The second kappa shape index (κ2) is 8.65. The molecule has 0 aliphatic rings. The lowest BCUT2D eigenvalue weighted by molar-refractivity contribution is -0.114. The van der Waals surface area contributed by atoms with Crippen molar-refractivity contribution >= 4 is 45.1 Å². The van der Waals surface area contributed by atoms with Gasteiger partial charge in [-0.1, -0.05) is 42.1 Å². The standard InChI is InChI=1S/C17H17NO4S2/c1-3-22-17(21)13-9-14(12-7-5-4-6-8-12)24-16(13)18-15(20)10-23-11(2)19/h4-9H,3,10H2,1-2H3,(H,18,20). The lowest BCUT2D eigenvalue weighted by Crippen LogP contribution is -2.16. The van der Waals surface area contributed by atoms with Gasteiger partial charge < -0.3 is 10.1 Å². The number of esters is 1. The monoisotopic (exact) mass is 363 g/mol. The average Bonchev–Trinajstić information content (AvgIpc) is 2.98. The molecule has 1 heterocycles. The summed E-state index contributed by atoms with van der Waals surface area (Å²) in [7, 11) is 0. The van der Waals surface area contributed by atoms with E-state index in [1.807, 2.05) is 30.3 Å². The summed E-state index contributed by atoms with van der Waals surface area (Å²) in [5, 5.41) is 3.00. The molecule has 24 heavy (non-hydrogen) atoms. The first kappa shape index (κ1) is 18.2. The molecule has 1 aromatic heterocycles. The first-order valence-electron chi connectivity index (χ1n) is 7.30. The summed E-state index contributed by atoms with van der Waals surface area (Å²) in [5.74, 6) is -0.802. The molecule has 0 saturated heterocycles. The van der Waals surface area contributed by atoms with E-state index < -0.39 is 5.97 Å². The fraction of sp³-hybridized carbons (Fsp3) is 0.235. The lowest BCUT2D eigenvalue weighted by Gasteiger charge is -2.05. The number of hydrogen-bond donors (Lipinski definition) is 1. The molecule has 0 spiro atoms. The van der Waals surface area contributed by atoms with E-state index in [-0.39, 0.29) is 23.4 Å². The van der Waals surface area contributed by atoms with Gasteiger partial charge in [0.25, 0.3) is 0 Å². The highest BCUT2D eigenvalue weighted by Gasteiger charge is 2.20. The van der Waals surface area contributed by atoms with Crippen LogP contribution in [0.1, 0.15) is 24.2 Å². The first-order valence-corrected chi connectivity index (χ1v) is 9.11. The van der Waals surface area contributed by atoms with Crippen LogP contribution >= 0.6 is 23.1 Å². The third kappa shape index (κ3) is 4.94. The minimum Gasteiger partial charge on any atom is -0.462 e. The van der Waals surface area contributed by atoms with Gasteiger partial charge in [0, 0.05) is 11.8 Å². The number of ether oxygens (including phenoxy) is 1. The summed E-state index contributed by atoms with van der Waals surface area (Å²) in [5.41, 5.74) is 1.27. The number of amides is 1. The van der Waals surface area contributed by atoms with Gasteiger partial charge in [-0.3, -0.25) is 9.59 Å². The number of thioether (sulfide) groups is 1. The number of anilines is 1. The Morgan fingerprint density at radius 3 is 2.54 bits per heavy atom. The molecule has 2 aromatic rings. The molecule has 0 bridgehead atoms. The maximum atomic E-state index is 12.1. The fourth-order valence-electron chi connectivity index (χ4n) is 1.92. The van der Waals surface area contributed by atoms with Gasteiger partial charge in [-0.05, 0) is 18.6 Å². The van der Waals surface area contributed by atoms with Gasteiger partial charge in [-0.2, -0.15) is 0 Å². The van der Waals surface area contributed by atoms with Crippen LogP contribution in [-0.4, -0.2) is 29.4 Å². The van der Waals surface area contributed by atoms with Crippen LogP contribution in [0.15, 0.2) is 36.4 Å². The number of hydrogen-bond acceptors (Lipinski definition) is 6. The van der Waals surface area contributed by atoms with Crippen LogP contribution in [0.3, 0.4) is 0 Å². The molecular weight excluding hydrogens is 346 g/mol. The highest BCUT2D eigenvalue weighted by atomic mass is 32.2. The van der Waals surface area contributed by atoms with E-state index in [1.54, 1.807) is 13.0 Å². The summed E-state index contributed by atoms with van der Waals surface area (Å²) >= 11 is 2.23. The van der Waals surface area contributed by atoms with Gasteiger partial charge in [0.2, 0.25) is 5.91 Å². The maximum absolute atomic E-state index is 12.1. The van der Waals surface area contributed by atoms with E-state index in [0.717, 1.165) is 22.2 Å². The predicted molar refractivity (Wildman–Crippen MR) is 97.5 cm³/mol.